The third-order valence-corrected chi connectivity index (χ3v) is 4.00. The Morgan fingerprint density at radius 1 is 1.10 bits per heavy atom. The van der Waals surface area contributed by atoms with Crippen molar-refractivity contribution in [3.63, 3.8) is 0 Å². The van der Waals surface area contributed by atoms with Gasteiger partial charge in [0.2, 0.25) is 0 Å². The molecule has 0 rings (SSSR count). The molecule has 3 nitrogen and oxygen atoms in total. The maximum Gasteiger partial charge on any atom is 0.0589 e. The second kappa shape index (κ2) is 9.75. The Bertz CT molecular complexity index is 232. The van der Waals surface area contributed by atoms with Crippen molar-refractivity contribution in [2.24, 2.45) is 5.92 Å². The second-order valence-corrected chi connectivity index (χ2v) is 7.14. The number of hydrogen-bond donors (Lipinski definition) is 1. The fourth-order valence-electron chi connectivity index (χ4n) is 2.72. The van der Waals surface area contributed by atoms with E-state index in [1.165, 1.54) is 12.8 Å². The standard InChI is InChI=1S/C17H38N2O/c1-9-15(10-2)19(11-12-20-8)16(14(3)4)13-18-17(5,6)7/h14-16,18H,9-13H2,1-8H3. The molecule has 0 aromatic heterocycles. The molecule has 0 amide bonds. The van der Waals surface area contributed by atoms with E-state index in [1.807, 2.05) is 0 Å². The molecule has 0 saturated heterocycles. The van der Waals surface area contributed by atoms with E-state index in [-0.39, 0.29) is 5.54 Å². The Morgan fingerprint density at radius 2 is 1.65 bits per heavy atom. The van der Waals surface area contributed by atoms with Crippen LogP contribution in [-0.2, 0) is 4.74 Å². The molecule has 0 saturated carbocycles. The SMILES string of the molecule is CCC(CC)N(CCOC)C(CNC(C)(C)C)C(C)C. The van der Waals surface area contributed by atoms with E-state index >= 15 is 0 Å². The van der Waals surface area contributed by atoms with Gasteiger partial charge in [-0.05, 0) is 39.5 Å². The van der Waals surface area contributed by atoms with Crippen LogP contribution < -0.4 is 5.32 Å². The van der Waals surface area contributed by atoms with E-state index in [0.717, 1.165) is 19.7 Å². The summed E-state index contributed by atoms with van der Waals surface area (Å²) in [7, 11) is 1.79. The molecule has 0 bridgehead atoms. The summed E-state index contributed by atoms with van der Waals surface area (Å²) in [6, 6.07) is 1.22. The highest BCUT2D eigenvalue weighted by Gasteiger charge is 2.27. The van der Waals surface area contributed by atoms with Crippen molar-refractivity contribution in [1.29, 1.82) is 0 Å². The van der Waals surface area contributed by atoms with Crippen molar-refractivity contribution in [3.8, 4) is 0 Å². The van der Waals surface area contributed by atoms with Crippen molar-refractivity contribution in [1.82, 2.24) is 10.2 Å². The minimum absolute atomic E-state index is 0.175. The second-order valence-electron chi connectivity index (χ2n) is 7.14. The largest absolute Gasteiger partial charge is 0.383 e. The highest BCUT2D eigenvalue weighted by Crippen LogP contribution is 2.18. The maximum absolute atomic E-state index is 5.32. The van der Waals surface area contributed by atoms with Gasteiger partial charge in [-0.1, -0.05) is 27.7 Å². The van der Waals surface area contributed by atoms with Gasteiger partial charge in [0.1, 0.15) is 0 Å². The number of hydrogen-bond acceptors (Lipinski definition) is 3. The van der Waals surface area contributed by atoms with E-state index in [4.69, 9.17) is 4.74 Å². The van der Waals surface area contributed by atoms with Gasteiger partial charge in [-0.2, -0.15) is 0 Å². The van der Waals surface area contributed by atoms with Gasteiger partial charge in [0.15, 0.2) is 0 Å². The zero-order valence-corrected chi connectivity index (χ0v) is 15.1. The fraction of sp³-hybridized carbons (Fsp3) is 1.00. The van der Waals surface area contributed by atoms with Crippen LogP contribution in [-0.4, -0.2) is 49.3 Å². The monoisotopic (exact) mass is 286 g/mol. The van der Waals surface area contributed by atoms with Gasteiger partial charge in [-0.3, -0.25) is 4.90 Å². The minimum Gasteiger partial charge on any atom is -0.383 e. The summed E-state index contributed by atoms with van der Waals surface area (Å²) in [6.45, 7) is 18.8. The maximum atomic E-state index is 5.32. The Morgan fingerprint density at radius 3 is 2.00 bits per heavy atom. The molecule has 0 heterocycles. The third-order valence-electron chi connectivity index (χ3n) is 4.00. The number of nitrogens with zero attached hydrogens (tertiary/aromatic N) is 1. The first-order chi connectivity index (χ1) is 9.26. The lowest BCUT2D eigenvalue weighted by atomic mass is 9.97. The highest BCUT2D eigenvalue weighted by atomic mass is 16.5. The van der Waals surface area contributed by atoms with Gasteiger partial charge in [0.05, 0.1) is 6.61 Å². The van der Waals surface area contributed by atoms with Crippen LogP contribution >= 0.6 is 0 Å². The minimum atomic E-state index is 0.175. The van der Waals surface area contributed by atoms with Crippen LogP contribution in [0.25, 0.3) is 0 Å². The van der Waals surface area contributed by atoms with Crippen LogP contribution in [0, 0.1) is 5.92 Å². The predicted octanol–water partition coefficient (Wildman–Crippen LogP) is 3.54. The fourth-order valence-corrected chi connectivity index (χ4v) is 2.72. The lowest BCUT2D eigenvalue weighted by Crippen LogP contribution is -2.54. The van der Waals surface area contributed by atoms with Crippen molar-refractivity contribution in [3.05, 3.63) is 0 Å². The van der Waals surface area contributed by atoms with Gasteiger partial charge in [-0.15, -0.1) is 0 Å². The van der Waals surface area contributed by atoms with Gasteiger partial charge in [0.25, 0.3) is 0 Å². The summed E-state index contributed by atoms with van der Waals surface area (Å²) in [5.74, 6) is 0.641. The molecule has 1 unspecified atom stereocenters. The predicted molar refractivity (Wildman–Crippen MR) is 89.3 cm³/mol. The van der Waals surface area contributed by atoms with Gasteiger partial charge >= 0.3 is 0 Å². The van der Waals surface area contributed by atoms with Crippen LogP contribution in [0.15, 0.2) is 0 Å². The van der Waals surface area contributed by atoms with E-state index in [2.05, 4.69) is 58.7 Å². The zero-order chi connectivity index (χ0) is 15.8. The molecule has 0 fully saturated rings. The van der Waals surface area contributed by atoms with E-state index in [1.54, 1.807) is 7.11 Å². The third kappa shape index (κ3) is 7.61. The Labute approximate surface area is 127 Å². The number of methoxy groups -OCH3 is 1. The van der Waals surface area contributed by atoms with Crippen LogP contribution in [0.5, 0.6) is 0 Å². The van der Waals surface area contributed by atoms with Crippen LogP contribution in [0.2, 0.25) is 0 Å². The van der Waals surface area contributed by atoms with Crippen molar-refractivity contribution >= 4 is 0 Å². The lowest BCUT2D eigenvalue weighted by molar-refractivity contribution is 0.0569. The average molecular weight is 287 g/mol. The van der Waals surface area contributed by atoms with Crippen LogP contribution in [0.4, 0.5) is 0 Å². The molecule has 1 atom stereocenters. The summed E-state index contributed by atoms with van der Waals surface area (Å²) >= 11 is 0. The lowest BCUT2D eigenvalue weighted by Gasteiger charge is -2.41. The molecule has 0 aliphatic carbocycles. The molecule has 3 heteroatoms. The normalized spacial score (nSPS) is 14.6. The number of ether oxygens (including phenoxy) is 1. The Kier molecular flexibility index (Phi) is 9.69. The van der Waals surface area contributed by atoms with Crippen molar-refractivity contribution in [2.45, 2.75) is 78.9 Å². The molecule has 0 spiro atoms. The number of nitrogens with one attached hydrogen (secondary N) is 1. The van der Waals surface area contributed by atoms with Crippen LogP contribution in [0.3, 0.4) is 0 Å². The molecule has 0 aliphatic rings. The Hall–Kier alpha value is -0.120. The smallest absolute Gasteiger partial charge is 0.0589 e. The molecule has 0 radical (unpaired) electrons. The van der Waals surface area contributed by atoms with Gasteiger partial charge < -0.3 is 10.1 Å². The summed E-state index contributed by atoms with van der Waals surface area (Å²) < 4.78 is 5.32. The molecule has 0 aromatic rings. The Balaban J connectivity index is 4.90. The molecule has 20 heavy (non-hydrogen) atoms. The van der Waals surface area contributed by atoms with Crippen LogP contribution in [0.1, 0.15) is 61.3 Å². The first-order valence-electron chi connectivity index (χ1n) is 8.26. The molecule has 122 valence electrons. The topological polar surface area (TPSA) is 24.5 Å². The highest BCUT2D eigenvalue weighted by molar-refractivity contribution is 4.84. The summed E-state index contributed by atoms with van der Waals surface area (Å²) in [6.07, 6.45) is 2.41. The summed E-state index contributed by atoms with van der Waals surface area (Å²) in [5, 5.41) is 3.68. The van der Waals surface area contributed by atoms with Gasteiger partial charge in [-0.25, -0.2) is 0 Å². The van der Waals surface area contributed by atoms with E-state index in [0.29, 0.717) is 18.0 Å². The first kappa shape index (κ1) is 19.9. The number of rotatable bonds is 10. The van der Waals surface area contributed by atoms with Crippen molar-refractivity contribution < 1.29 is 4.74 Å². The average Bonchev–Trinajstić information content (AvgIpc) is 2.34. The van der Waals surface area contributed by atoms with Crippen molar-refractivity contribution in [2.75, 3.05) is 26.8 Å². The summed E-state index contributed by atoms with van der Waals surface area (Å²) in [4.78, 5) is 2.66. The summed E-state index contributed by atoms with van der Waals surface area (Å²) in [5.41, 5.74) is 0.175. The molecular weight excluding hydrogens is 248 g/mol. The zero-order valence-electron chi connectivity index (χ0n) is 15.1. The quantitative estimate of drug-likeness (QED) is 0.665. The molecule has 1 N–H and O–H groups in total. The van der Waals surface area contributed by atoms with E-state index in [9.17, 15) is 0 Å². The van der Waals surface area contributed by atoms with Gasteiger partial charge in [0, 0.05) is 37.8 Å². The molecular formula is C17H38N2O. The van der Waals surface area contributed by atoms with E-state index < -0.39 is 0 Å². The molecule has 0 aliphatic heterocycles. The molecule has 0 aromatic carbocycles. The first-order valence-corrected chi connectivity index (χ1v) is 8.26.